The quantitative estimate of drug-likeness (QED) is 0.798. The minimum atomic E-state index is 0.100. The van der Waals surface area contributed by atoms with E-state index in [1.165, 1.54) is 5.56 Å². The number of aryl methyl sites for hydroxylation is 1. The van der Waals surface area contributed by atoms with Crippen LogP contribution >= 0.6 is 0 Å². The van der Waals surface area contributed by atoms with Crippen molar-refractivity contribution in [1.29, 1.82) is 0 Å². The standard InChI is InChI=1S/C17H32N2O2/c1-8-19(13(2)12-20-7)11-15-9-16(21-14(15)3)10-18-17(4,5)6/h9,13,18H,8,10-12H2,1-7H3. The summed E-state index contributed by atoms with van der Waals surface area (Å²) in [5.41, 5.74) is 1.37. The molecule has 0 aliphatic carbocycles. The largest absolute Gasteiger partial charge is 0.465 e. The lowest BCUT2D eigenvalue weighted by Gasteiger charge is -2.26. The number of methoxy groups -OCH3 is 1. The van der Waals surface area contributed by atoms with Crippen LogP contribution in [-0.2, 0) is 17.8 Å². The van der Waals surface area contributed by atoms with Crippen LogP contribution in [0.1, 0.15) is 51.7 Å². The number of furan rings is 1. The van der Waals surface area contributed by atoms with Crippen LogP contribution in [-0.4, -0.2) is 36.7 Å². The third kappa shape index (κ3) is 6.20. The molecule has 1 atom stereocenters. The van der Waals surface area contributed by atoms with E-state index in [9.17, 15) is 0 Å². The average molecular weight is 296 g/mol. The summed E-state index contributed by atoms with van der Waals surface area (Å²) in [4.78, 5) is 2.41. The summed E-state index contributed by atoms with van der Waals surface area (Å²) in [5.74, 6) is 2.02. The first-order valence-corrected chi connectivity index (χ1v) is 7.83. The van der Waals surface area contributed by atoms with Crippen molar-refractivity contribution >= 4 is 0 Å². The van der Waals surface area contributed by atoms with E-state index in [4.69, 9.17) is 9.15 Å². The Kier molecular flexibility index (Phi) is 6.91. The highest BCUT2D eigenvalue weighted by atomic mass is 16.5. The van der Waals surface area contributed by atoms with Crippen LogP contribution in [0.25, 0.3) is 0 Å². The van der Waals surface area contributed by atoms with E-state index in [1.807, 2.05) is 6.92 Å². The van der Waals surface area contributed by atoms with Crippen molar-refractivity contribution in [1.82, 2.24) is 10.2 Å². The van der Waals surface area contributed by atoms with Gasteiger partial charge in [-0.3, -0.25) is 4.90 Å². The number of nitrogens with zero attached hydrogens (tertiary/aromatic N) is 1. The van der Waals surface area contributed by atoms with Gasteiger partial charge in [0.05, 0.1) is 13.2 Å². The fraction of sp³-hybridized carbons (Fsp3) is 0.765. The molecule has 1 N–H and O–H groups in total. The summed E-state index contributed by atoms with van der Waals surface area (Å²) in [6, 6.07) is 2.58. The molecule has 122 valence electrons. The van der Waals surface area contributed by atoms with Crippen molar-refractivity contribution < 1.29 is 9.15 Å². The minimum Gasteiger partial charge on any atom is -0.465 e. The van der Waals surface area contributed by atoms with Gasteiger partial charge in [-0.2, -0.15) is 0 Å². The van der Waals surface area contributed by atoms with Crippen molar-refractivity contribution in [3.8, 4) is 0 Å². The van der Waals surface area contributed by atoms with Crippen LogP contribution in [0.15, 0.2) is 10.5 Å². The molecule has 21 heavy (non-hydrogen) atoms. The SMILES string of the molecule is CCN(Cc1cc(CNC(C)(C)C)oc1C)C(C)COC. The first-order chi connectivity index (χ1) is 9.76. The van der Waals surface area contributed by atoms with E-state index in [0.717, 1.165) is 37.8 Å². The first-order valence-electron chi connectivity index (χ1n) is 7.83. The number of ether oxygens (including phenoxy) is 1. The molecule has 1 unspecified atom stereocenters. The molecule has 1 rings (SSSR count). The molecule has 0 spiro atoms. The maximum atomic E-state index is 5.87. The smallest absolute Gasteiger partial charge is 0.118 e. The first kappa shape index (κ1) is 18.2. The molecule has 0 fully saturated rings. The normalized spacial score (nSPS) is 13.9. The van der Waals surface area contributed by atoms with Crippen LogP contribution in [0.3, 0.4) is 0 Å². The molecule has 0 saturated carbocycles. The summed E-state index contributed by atoms with van der Waals surface area (Å²) in [6.07, 6.45) is 0. The molecule has 4 nitrogen and oxygen atoms in total. The Morgan fingerprint density at radius 1 is 1.38 bits per heavy atom. The van der Waals surface area contributed by atoms with E-state index in [0.29, 0.717) is 6.04 Å². The molecule has 1 aromatic heterocycles. The van der Waals surface area contributed by atoms with E-state index >= 15 is 0 Å². The predicted molar refractivity (Wildman–Crippen MR) is 87.5 cm³/mol. The topological polar surface area (TPSA) is 37.6 Å². The Hall–Kier alpha value is -0.840. The average Bonchev–Trinajstić information content (AvgIpc) is 2.73. The number of hydrogen-bond acceptors (Lipinski definition) is 4. The summed E-state index contributed by atoms with van der Waals surface area (Å²) < 4.78 is 11.1. The van der Waals surface area contributed by atoms with Crippen LogP contribution in [0.2, 0.25) is 0 Å². The third-order valence-electron chi connectivity index (χ3n) is 3.68. The van der Waals surface area contributed by atoms with Gasteiger partial charge < -0.3 is 14.5 Å². The van der Waals surface area contributed by atoms with E-state index in [1.54, 1.807) is 7.11 Å². The van der Waals surface area contributed by atoms with Crippen molar-refractivity contribution in [2.45, 2.75) is 66.2 Å². The van der Waals surface area contributed by atoms with Gasteiger partial charge >= 0.3 is 0 Å². The molecule has 0 aliphatic heterocycles. The van der Waals surface area contributed by atoms with E-state index in [2.05, 4.69) is 50.9 Å². The molecular weight excluding hydrogens is 264 g/mol. The van der Waals surface area contributed by atoms with Crippen LogP contribution in [0, 0.1) is 6.92 Å². The van der Waals surface area contributed by atoms with Gasteiger partial charge in [0.2, 0.25) is 0 Å². The maximum Gasteiger partial charge on any atom is 0.118 e. The zero-order chi connectivity index (χ0) is 16.0. The molecule has 0 amide bonds. The molecule has 0 aliphatic rings. The van der Waals surface area contributed by atoms with Crippen molar-refractivity contribution in [2.75, 3.05) is 20.3 Å². The molecule has 4 heteroatoms. The molecular formula is C17H32N2O2. The van der Waals surface area contributed by atoms with Crippen molar-refractivity contribution in [3.63, 3.8) is 0 Å². The predicted octanol–water partition coefficient (Wildman–Crippen LogP) is 3.33. The van der Waals surface area contributed by atoms with Gasteiger partial charge in [-0.1, -0.05) is 6.92 Å². The summed E-state index contributed by atoms with van der Waals surface area (Å²) in [7, 11) is 1.75. The number of hydrogen-bond donors (Lipinski definition) is 1. The summed E-state index contributed by atoms with van der Waals surface area (Å²) in [5, 5.41) is 3.46. The van der Waals surface area contributed by atoms with Gasteiger partial charge in [-0.15, -0.1) is 0 Å². The van der Waals surface area contributed by atoms with Gasteiger partial charge in [0.1, 0.15) is 11.5 Å². The van der Waals surface area contributed by atoms with Crippen molar-refractivity contribution in [2.24, 2.45) is 0 Å². The lowest BCUT2D eigenvalue weighted by Crippen LogP contribution is -2.35. The third-order valence-corrected chi connectivity index (χ3v) is 3.68. The highest BCUT2D eigenvalue weighted by Gasteiger charge is 2.17. The van der Waals surface area contributed by atoms with Crippen LogP contribution in [0.5, 0.6) is 0 Å². The Bertz CT molecular complexity index is 421. The molecule has 0 bridgehead atoms. The Morgan fingerprint density at radius 2 is 2.05 bits per heavy atom. The second-order valence-corrected chi connectivity index (χ2v) is 6.77. The van der Waals surface area contributed by atoms with Gasteiger partial charge in [-0.25, -0.2) is 0 Å². The van der Waals surface area contributed by atoms with Crippen LogP contribution in [0.4, 0.5) is 0 Å². The highest BCUT2D eigenvalue weighted by Crippen LogP contribution is 2.18. The van der Waals surface area contributed by atoms with Gasteiger partial charge in [0.15, 0.2) is 0 Å². The zero-order valence-corrected chi connectivity index (χ0v) is 14.7. The molecule has 0 radical (unpaired) electrons. The molecule has 1 aromatic rings. The fourth-order valence-corrected chi connectivity index (χ4v) is 2.33. The monoisotopic (exact) mass is 296 g/mol. The van der Waals surface area contributed by atoms with E-state index < -0.39 is 0 Å². The number of rotatable bonds is 8. The Morgan fingerprint density at radius 3 is 2.57 bits per heavy atom. The molecule has 0 aromatic carbocycles. The minimum absolute atomic E-state index is 0.100. The van der Waals surface area contributed by atoms with Crippen LogP contribution < -0.4 is 5.32 Å². The second kappa shape index (κ2) is 7.97. The lowest BCUT2D eigenvalue weighted by molar-refractivity contribution is 0.0979. The van der Waals surface area contributed by atoms with Crippen molar-refractivity contribution in [3.05, 3.63) is 23.2 Å². The summed E-state index contributed by atoms with van der Waals surface area (Å²) in [6.45, 7) is 16.3. The highest BCUT2D eigenvalue weighted by molar-refractivity contribution is 5.21. The van der Waals surface area contributed by atoms with Gasteiger partial charge in [0.25, 0.3) is 0 Å². The Labute approximate surface area is 129 Å². The molecule has 1 heterocycles. The zero-order valence-electron chi connectivity index (χ0n) is 14.7. The number of nitrogens with one attached hydrogen (secondary N) is 1. The summed E-state index contributed by atoms with van der Waals surface area (Å²) >= 11 is 0. The van der Waals surface area contributed by atoms with Gasteiger partial charge in [0, 0.05) is 30.8 Å². The number of likely N-dealkylation sites (N-methyl/N-ethyl adjacent to an activating group) is 1. The molecule has 0 saturated heterocycles. The second-order valence-electron chi connectivity index (χ2n) is 6.77. The lowest BCUT2D eigenvalue weighted by atomic mass is 10.1. The maximum absolute atomic E-state index is 5.87. The van der Waals surface area contributed by atoms with Gasteiger partial charge in [-0.05, 0) is 47.2 Å². The fourth-order valence-electron chi connectivity index (χ4n) is 2.33. The Balaban J connectivity index is 2.68. The van der Waals surface area contributed by atoms with E-state index in [-0.39, 0.29) is 5.54 Å².